The first-order valence-corrected chi connectivity index (χ1v) is 7.66. The van der Waals surface area contributed by atoms with E-state index >= 15 is 0 Å². The van der Waals surface area contributed by atoms with Gasteiger partial charge in [-0.1, -0.05) is 12.2 Å². The van der Waals surface area contributed by atoms with Crippen molar-refractivity contribution in [1.29, 1.82) is 0 Å². The second-order valence-electron chi connectivity index (χ2n) is 6.34. The predicted molar refractivity (Wildman–Crippen MR) is 87.0 cm³/mol. The molecule has 1 amide bonds. The molecule has 0 fully saturated rings. The fraction of sp³-hybridized carbons (Fsp3) is 0.467. The van der Waals surface area contributed by atoms with Crippen molar-refractivity contribution in [1.82, 2.24) is 4.90 Å². The molecule has 0 saturated carbocycles. The Balaban J connectivity index is 2.35. The van der Waals surface area contributed by atoms with Gasteiger partial charge in [-0.3, -0.25) is 9.69 Å². The van der Waals surface area contributed by atoms with Crippen molar-refractivity contribution in [3.05, 3.63) is 33.1 Å². The van der Waals surface area contributed by atoms with Gasteiger partial charge in [0, 0.05) is 9.15 Å². The molecule has 1 atom stereocenters. The monoisotopic (exact) mass is 403 g/mol. The first-order chi connectivity index (χ1) is 9.53. The minimum absolute atomic E-state index is 0.413. The summed E-state index contributed by atoms with van der Waals surface area (Å²) in [5.74, 6) is -0.948. The van der Waals surface area contributed by atoms with Crippen LogP contribution in [0, 0.1) is 5.41 Å². The van der Waals surface area contributed by atoms with E-state index in [1.54, 1.807) is 45.9 Å². The van der Waals surface area contributed by atoms with E-state index in [4.69, 9.17) is 4.74 Å². The maximum Gasteiger partial charge on any atom is 0.415 e. The summed E-state index contributed by atoms with van der Waals surface area (Å²) < 4.78 is 6.39. The second-order valence-corrected chi connectivity index (χ2v) is 7.64. The minimum atomic E-state index is -1.11. The number of carbonyl (C=O) groups excluding carboxylic acids is 1. The van der Waals surface area contributed by atoms with E-state index in [2.05, 4.69) is 22.6 Å². The summed E-state index contributed by atoms with van der Waals surface area (Å²) in [5, 5.41) is 9.35. The lowest BCUT2D eigenvalue weighted by Crippen LogP contribution is -2.36. The zero-order valence-corrected chi connectivity index (χ0v) is 14.6. The van der Waals surface area contributed by atoms with E-state index in [-0.39, 0.29) is 0 Å². The van der Waals surface area contributed by atoms with Crippen LogP contribution >= 0.6 is 22.6 Å². The number of aliphatic carboxylic acids is 1. The lowest BCUT2D eigenvalue weighted by atomic mass is 9.84. The number of fused-ring (bicyclic) bond motifs is 1. The fourth-order valence-corrected chi connectivity index (χ4v) is 2.92. The standard InChI is InChI=1S/C15H18INO4/c1-14(2,3)21-13(20)17-8-10(16)9-5-6-15(4,12(18)19)7-11(9)17/h5-7H,8H2,1-4H3,(H,18,19). The third-order valence-electron chi connectivity index (χ3n) is 3.26. The first-order valence-electron chi connectivity index (χ1n) is 6.58. The Morgan fingerprint density at radius 3 is 2.57 bits per heavy atom. The number of ether oxygens (including phenoxy) is 1. The van der Waals surface area contributed by atoms with Crippen LogP contribution in [0.15, 0.2) is 33.1 Å². The summed E-state index contributed by atoms with van der Waals surface area (Å²) >= 11 is 2.17. The van der Waals surface area contributed by atoms with Crippen LogP contribution in [0.2, 0.25) is 0 Å². The van der Waals surface area contributed by atoms with Crippen LogP contribution in [-0.4, -0.2) is 34.2 Å². The molecule has 6 heteroatoms. The van der Waals surface area contributed by atoms with Crippen molar-refractivity contribution in [2.24, 2.45) is 5.41 Å². The maximum absolute atomic E-state index is 12.3. The van der Waals surface area contributed by atoms with E-state index in [0.29, 0.717) is 12.2 Å². The first kappa shape index (κ1) is 16.1. The number of carboxylic acid groups (broad SMARTS) is 1. The van der Waals surface area contributed by atoms with Crippen molar-refractivity contribution in [2.75, 3.05) is 6.54 Å². The van der Waals surface area contributed by atoms with Crippen LogP contribution in [0.4, 0.5) is 4.79 Å². The van der Waals surface area contributed by atoms with Gasteiger partial charge in [0.1, 0.15) is 11.0 Å². The van der Waals surface area contributed by atoms with Crippen LogP contribution in [0.25, 0.3) is 0 Å². The Morgan fingerprint density at radius 2 is 2.05 bits per heavy atom. The molecule has 0 aromatic rings. The smallest absolute Gasteiger partial charge is 0.415 e. The summed E-state index contributed by atoms with van der Waals surface area (Å²) in [5.41, 5.74) is -0.200. The van der Waals surface area contributed by atoms with Gasteiger partial charge in [-0.05, 0) is 56.4 Å². The van der Waals surface area contributed by atoms with Gasteiger partial charge in [0.2, 0.25) is 0 Å². The number of amides is 1. The number of allylic oxidation sites excluding steroid dienone is 1. The zero-order chi connectivity index (χ0) is 16.0. The highest BCUT2D eigenvalue weighted by Crippen LogP contribution is 2.40. The molecule has 0 aromatic carbocycles. The molecule has 0 spiro atoms. The summed E-state index contributed by atoms with van der Waals surface area (Å²) in [6.07, 6.45) is 4.57. The van der Waals surface area contributed by atoms with Crippen LogP contribution < -0.4 is 0 Å². The summed E-state index contributed by atoms with van der Waals surface area (Å²) in [7, 11) is 0. The molecule has 2 rings (SSSR count). The third-order valence-corrected chi connectivity index (χ3v) is 4.19. The number of nitrogens with zero attached hydrogens (tertiary/aromatic N) is 1. The number of carboxylic acids is 1. The molecule has 5 nitrogen and oxygen atoms in total. The summed E-state index contributed by atoms with van der Waals surface area (Å²) in [6, 6.07) is 0. The molecule has 0 radical (unpaired) electrons. The minimum Gasteiger partial charge on any atom is -0.480 e. The van der Waals surface area contributed by atoms with E-state index in [1.807, 2.05) is 0 Å². The Hall–Kier alpha value is -1.31. The number of hydrogen-bond donors (Lipinski definition) is 1. The predicted octanol–water partition coefficient (Wildman–Crippen LogP) is 3.47. The highest BCUT2D eigenvalue weighted by Gasteiger charge is 2.39. The highest BCUT2D eigenvalue weighted by atomic mass is 127. The zero-order valence-electron chi connectivity index (χ0n) is 12.4. The Kier molecular flexibility index (Phi) is 3.94. The van der Waals surface area contributed by atoms with E-state index in [9.17, 15) is 14.7 Å². The van der Waals surface area contributed by atoms with Gasteiger partial charge in [-0.2, -0.15) is 0 Å². The molecule has 21 heavy (non-hydrogen) atoms. The van der Waals surface area contributed by atoms with Crippen LogP contribution in [-0.2, 0) is 9.53 Å². The largest absolute Gasteiger partial charge is 0.480 e. The molecular weight excluding hydrogens is 385 g/mol. The quantitative estimate of drug-likeness (QED) is 0.681. The molecule has 1 unspecified atom stereocenters. The molecule has 1 aliphatic heterocycles. The molecule has 1 N–H and O–H groups in total. The Morgan fingerprint density at radius 1 is 1.43 bits per heavy atom. The van der Waals surface area contributed by atoms with Gasteiger partial charge < -0.3 is 9.84 Å². The van der Waals surface area contributed by atoms with Gasteiger partial charge >= 0.3 is 12.1 Å². The number of rotatable bonds is 1. The average molecular weight is 403 g/mol. The molecule has 0 bridgehead atoms. The van der Waals surface area contributed by atoms with Crippen molar-refractivity contribution in [3.63, 3.8) is 0 Å². The van der Waals surface area contributed by atoms with Crippen molar-refractivity contribution >= 4 is 34.7 Å². The van der Waals surface area contributed by atoms with Crippen molar-refractivity contribution < 1.29 is 19.4 Å². The normalized spacial score (nSPS) is 24.8. The van der Waals surface area contributed by atoms with Gasteiger partial charge in [-0.25, -0.2) is 4.79 Å². The van der Waals surface area contributed by atoms with Crippen LogP contribution in [0.1, 0.15) is 27.7 Å². The number of halogens is 1. The topological polar surface area (TPSA) is 66.8 Å². The SMILES string of the molecule is CC(C)(C)OC(=O)N1CC(I)=C2C=CC(C)(C(=O)O)C=C21. The fourth-order valence-electron chi connectivity index (χ4n) is 2.13. The van der Waals surface area contributed by atoms with Crippen LogP contribution in [0.3, 0.4) is 0 Å². The van der Waals surface area contributed by atoms with Gasteiger partial charge in [0.15, 0.2) is 0 Å². The Bertz CT molecular complexity index is 597. The van der Waals surface area contributed by atoms with Crippen LogP contribution in [0.5, 0.6) is 0 Å². The molecule has 1 heterocycles. The molecule has 114 valence electrons. The van der Waals surface area contributed by atoms with Gasteiger partial charge in [-0.15, -0.1) is 0 Å². The summed E-state index contributed by atoms with van der Waals surface area (Å²) in [6.45, 7) is 7.43. The third kappa shape index (κ3) is 3.14. The van der Waals surface area contributed by atoms with Gasteiger partial charge in [0.05, 0.1) is 12.2 Å². The second kappa shape index (κ2) is 5.15. The molecule has 2 aliphatic rings. The van der Waals surface area contributed by atoms with Crippen molar-refractivity contribution in [2.45, 2.75) is 33.3 Å². The average Bonchev–Trinajstić information content (AvgIpc) is 2.64. The molecule has 1 aliphatic carbocycles. The van der Waals surface area contributed by atoms with E-state index in [1.165, 1.54) is 4.90 Å². The summed E-state index contributed by atoms with van der Waals surface area (Å²) in [4.78, 5) is 25.2. The Labute approximate surface area is 137 Å². The highest BCUT2D eigenvalue weighted by molar-refractivity contribution is 14.1. The number of carbonyl (C=O) groups is 2. The molecule has 0 saturated heterocycles. The van der Waals surface area contributed by atoms with E-state index in [0.717, 1.165) is 9.15 Å². The number of hydrogen-bond acceptors (Lipinski definition) is 3. The van der Waals surface area contributed by atoms with Crippen molar-refractivity contribution in [3.8, 4) is 0 Å². The molecular formula is C15H18INO4. The molecule has 0 aromatic heterocycles. The lowest BCUT2D eigenvalue weighted by molar-refractivity contribution is -0.142. The van der Waals surface area contributed by atoms with E-state index < -0.39 is 23.1 Å². The maximum atomic E-state index is 12.3. The van der Waals surface area contributed by atoms with Gasteiger partial charge in [0.25, 0.3) is 0 Å². The lowest BCUT2D eigenvalue weighted by Gasteiger charge is -2.28.